The third-order valence-corrected chi connectivity index (χ3v) is 7.48. The first kappa shape index (κ1) is 31.0. The summed E-state index contributed by atoms with van der Waals surface area (Å²) in [5.41, 5.74) is 2.51. The average Bonchev–Trinajstić information content (AvgIpc) is 3.52. The smallest absolute Gasteiger partial charge is 0.416 e. The number of fused-ring (bicyclic) bond motifs is 1. The number of carbonyl (C=O) groups excluding carboxylic acids is 1. The van der Waals surface area contributed by atoms with Crippen molar-refractivity contribution in [3.8, 4) is 28.1 Å². The van der Waals surface area contributed by atoms with Gasteiger partial charge in [-0.25, -0.2) is 8.42 Å². The number of sulfonamides is 1. The lowest BCUT2D eigenvalue weighted by Crippen LogP contribution is -2.37. The number of ether oxygens (including phenoxy) is 3. The molecule has 0 spiro atoms. The van der Waals surface area contributed by atoms with Gasteiger partial charge in [0, 0.05) is 36.7 Å². The van der Waals surface area contributed by atoms with Crippen LogP contribution in [0.1, 0.15) is 21.5 Å². The number of hydrogen-bond donors (Lipinski definition) is 2. The fourth-order valence-corrected chi connectivity index (χ4v) is 5.40. The topological polar surface area (TPSA) is 123 Å². The number of benzene rings is 3. The average molecular weight is 631 g/mol. The van der Waals surface area contributed by atoms with Gasteiger partial charge in [-0.2, -0.15) is 18.3 Å². The molecule has 0 saturated heterocycles. The Bertz CT molecular complexity index is 1760. The standard InChI is InChI=1S/C30H29F3N4O6S/c1-41-11-12-42-18-43-28-6-4-24(17-27(28)36-44(2,39)40)37-10-8-20-13-19(3-5-25(20)29(37)38)21-14-22(26-7-9-34-35-26)16-23(15-21)30(31,32)33/h3-7,9,13-17,36H,8,10-12,18H2,1-2H3,(H,34,35). The maximum atomic E-state index is 13.8. The van der Waals surface area contributed by atoms with Crippen molar-refractivity contribution in [1.82, 2.24) is 10.2 Å². The first-order valence-electron chi connectivity index (χ1n) is 13.4. The van der Waals surface area contributed by atoms with Crippen molar-refractivity contribution in [3.05, 3.63) is 83.6 Å². The molecule has 0 radical (unpaired) electrons. The summed E-state index contributed by atoms with van der Waals surface area (Å²) in [6.45, 7) is 0.764. The number of anilines is 2. The summed E-state index contributed by atoms with van der Waals surface area (Å²) >= 11 is 0. The molecular formula is C30H29F3N4O6S. The Morgan fingerprint density at radius 3 is 2.50 bits per heavy atom. The summed E-state index contributed by atoms with van der Waals surface area (Å²) < 4.78 is 83.5. The molecule has 1 amide bonds. The van der Waals surface area contributed by atoms with E-state index in [1.165, 1.54) is 24.3 Å². The van der Waals surface area contributed by atoms with E-state index in [9.17, 15) is 26.4 Å². The highest BCUT2D eigenvalue weighted by atomic mass is 32.2. The van der Waals surface area contributed by atoms with Gasteiger partial charge >= 0.3 is 6.18 Å². The Morgan fingerprint density at radius 2 is 1.80 bits per heavy atom. The lowest BCUT2D eigenvalue weighted by molar-refractivity contribution is -0.137. The Labute approximate surface area is 251 Å². The molecule has 0 saturated carbocycles. The molecule has 2 heterocycles. The van der Waals surface area contributed by atoms with Gasteiger partial charge in [-0.05, 0) is 71.6 Å². The van der Waals surface area contributed by atoms with Crippen molar-refractivity contribution in [3.63, 3.8) is 0 Å². The number of rotatable bonds is 11. The molecule has 1 aliphatic heterocycles. The van der Waals surface area contributed by atoms with Crippen molar-refractivity contribution < 1.29 is 40.6 Å². The first-order chi connectivity index (χ1) is 20.9. The van der Waals surface area contributed by atoms with Crippen LogP contribution in [0.4, 0.5) is 24.5 Å². The largest absolute Gasteiger partial charge is 0.465 e. The molecular weight excluding hydrogens is 601 g/mol. The Hall–Kier alpha value is -4.40. The van der Waals surface area contributed by atoms with Gasteiger partial charge < -0.3 is 19.1 Å². The van der Waals surface area contributed by atoms with Crippen LogP contribution >= 0.6 is 0 Å². The number of aromatic amines is 1. The van der Waals surface area contributed by atoms with E-state index in [0.29, 0.717) is 52.2 Å². The van der Waals surface area contributed by atoms with Crippen LogP contribution in [0, 0.1) is 0 Å². The molecule has 0 bridgehead atoms. The van der Waals surface area contributed by atoms with E-state index in [-0.39, 0.29) is 37.3 Å². The number of alkyl halides is 3. The Morgan fingerprint density at radius 1 is 1.00 bits per heavy atom. The Kier molecular flexibility index (Phi) is 8.95. The second-order valence-electron chi connectivity index (χ2n) is 10.1. The lowest BCUT2D eigenvalue weighted by atomic mass is 9.92. The van der Waals surface area contributed by atoms with Gasteiger partial charge in [0.1, 0.15) is 5.75 Å². The van der Waals surface area contributed by atoms with Crippen molar-refractivity contribution in [1.29, 1.82) is 0 Å². The molecule has 14 heteroatoms. The fraction of sp³-hybridized carbons (Fsp3) is 0.267. The lowest BCUT2D eigenvalue weighted by Gasteiger charge is -2.29. The summed E-state index contributed by atoms with van der Waals surface area (Å²) in [7, 11) is -2.15. The van der Waals surface area contributed by atoms with Crippen LogP contribution in [0.2, 0.25) is 0 Å². The number of aromatic nitrogens is 2. The highest BCUT2D eigenvalue weighted by molar-refractivity contribution is 7.92. The van der Waals surface area contributed by atoms with Gasteiger partial charge in [-0.15, -0.1) is 0 Å². The van der Waals surface area contributed by atoms with Crippen LogP contribution in [0.3, 0.4) is 0 Å². The van der Waals surface area contributed by atoms with E-state index in [4.69, 9.17) is 14.2 Å². The zero-order valence-corrected chi connectivity index (χ0v) is 24.6. The molecule has 4 aromatic rings. The van der Waals surface area contributed by atoms with Crippen molar-refractivity contribution in [2.45, 2.75) is 12.6 Å². The number of hydrogen-bond acceptors (Lipinski definition) is 7. The number of H-pyrrole nitrogens is 1. The zero-order chi connectivity index (χ0) is 31.5. The van der Waals surface area contributed by atoms with Crippen LogP contribution in [-0.2, 0) is 32.1 Å². The quantitative estimate of drug-likeness (QED) is 0.170. The van der Waals surface area contributed by atoms with Gasteiger partial charge in [-0.3, -0.25) is 14.6 Å². The minimum Gasteiger partial charge on any atom is -0.465 e. The fourth-order valence-electron chi connectivity index (χ4n) is 4.84. The second-order valence-corrected chi connectivity index (χ2v) is 11.8. The number of amides is 1. The minimum absolute atomic E-state index is 0.131. The molecule has 0 atom stereocenters. The van der Waals surface area contributed by atoms with Gasteiger partial charge in [0.25, 0.3) is 5.91 Å². The molecule has 232 valence electrons. The van der Waals surface area contributed by atoms with Crippen molar-refractivity contribution in [2.75, 3.05) is 49.5 Å². The van der Waals surface area contributed by atoms with Crippen LogP contribution in [0.25, 0.3) is 22.4 Å². The van der Waals surface area contributed by atoms with E-state index < -0.39 is 21.8 Å². The van der Waals surface area contributed by atoms with Gasteiger partial charge in [-0.1, -0.05) is 12.1 Å². The first-order valence-corrected chi connectivity index (χ1v) is 15.3. The third kappa shape index (κ3) is 7.21. The molecule has 0 aliphatic carbocycles. The maximum Gasteiger partial charge on any atom is 0.416 e. The minimum atomic E-state index is -4.56. The van der Waals surface area contributed by atoms with E-state index in [1.807, 2.05) is 0 Å². The van der Waals surface area contributed by atoms with E-state index in [2.05, 4.69) is 14.9 Å². The van der Waals surface area contributed by atoms with Gasteiger partial charge in [0.15, 0.2) is 6.79 Å². The molecule has 44 heavy (non-hydrogen) atoms. The molecule has 10 nitrogen and oxygen atoms in total. The van der Waals surface area contributed by atoms with Gasteiger partial charge in [0.2, 0.25) is 10.0 Å². The number of carbonyl (C=O) groups is 1. The monoisotopic (exact) mass is 630 g/mol. The molecule has 0 fully saturated rings. The van der Waals surface area contributed by atoms with Gasteiger partial charge in [0.05, 0.1) is 36.4 Å². The number of halogens is 3. The summed E-state index contributed by atoms with van der Waals surface area (Å²) in [6, 6.07) is 15.0. The third-order valence-electron chi connectivity index (χ3n) is 6.89. The summed E-state index contributed by atoms with van der Waals surface area (Å²) in [6.07, 6.45) is -1.68. The SMILES string of the molecule is COCCOCOc1ccc(N2CCc3cc(-c4cc(-c5ccn[nH]5)cc(C(F)(F)F)c4)ccc3C2=O)cc1NS(C)(=O)=O. The predicted molar refractivity (Wildman–Crippen MR) is 158 cm³/mol. The van der Waals surface area contributed by atoms with E-state index >= 15 is 0 Å². The normalized spacial score (nSPS) is 13.6. The number of nitrogens with zero attached hydrogens (tertiary/aromatic N) is 2. The van der Waals surface area contributed by atoms with E-state index in [0.717, 1.165) is 18.4 Å². The predicted octanol–water partition coefficient (Wildman–Crippen LogP) is 5.34. The molecule has 5 rings (SSSR count). The Balaban J connectivity index is 1.42. The number of nitrogens with one attached hydrogen (secondary N) is 2. The van der Waals surface area contributed by atoms with Crippen LogP contribution in [-0.4, -0.2) is 64.4 Å². The van der Waals surface area contributed by atoms with Crippen molar-refractivity contribution in [2.24, 2.45) is 0 Å². The van der Waals surface area contributed by atoms with Crippen LogP contribution < -0.4 is 14.4 Å². The summed E-state index contributed by atoms with van der Waals surface area (Å²) in [5, 5.41) is 6.54. The second kappa shape index (κ2) is 12.7. The molecule has 3 aromatic carbocycles. The number of methoxy groups -OCH3 is 1. The molecule has 2 N–H and O–H groups in total. The summed E-state index contributed by atoms with van der Waals surface area (Å²) in [5.74, 6) is -0.122. The highest BCUT2D eigenvalue weighted by Crippen LogP contribution is 2.38. The van der Waals surface area contributed by atoms with Crippen LogP contribution in [0.15, 0.2) is 66.9 Å². The molecule has 0 unspecified atom stereocenters. The zero-order valence-electron chi connectivity index (χ0n) is 23.8. The summed E-state index contributed by atoms with van der Waals surface area (Å²) in [4.78, 5) is 15.1. The van der Waals surface area contributed by atoms with Crippen LogP contribution in [0.5, 0.6) is 5.75 Å². The van der Waals surface area contributed by atoms with E-state index in [1.54, 1.807) is 42.5 Å². The molecule has 1 aliphatic rings. The highest BCUT2D eigenvalue weighted by Gasteiger charge is 2.32. The molecule has 1 aromatic heterocycles. The van der Waals surface area contributed by atoms with Crippen molar-refractivity contribution >= 4 is 27.3 Å². The maximum absolute atomic E-state index is 13.8.